The summed E-state index contributed by atoms with van der Waals surface area (Å²) in [5, 5.41) is 16.9. The van der Waals surface area contributed by atoms with Crippen LogP contribution in [0.25, 0.3) is 16.8 Å². The Morgan fingerprint density at radius 3 is 2.76 bits per heavy atom. The summed E-state index contributed by atoms with van der Waals surface area (Å²) in [6.07, 6.45) is 3.44. The fourth-order valence-corrected chi connectivity index (χ4v) is 3.26. The van der Waals surface area contributed by atoms with Gasteiger partial charge in [-0.1, -0.05) is 18.2 Å². The predicted molar refractivity (Wildman–Crippen MR) is 105 cm³/mol. The van der Waals surface area contributed by atoms with E-state index in [0.29, 0.717) is 12.2 Å². The quantitative estimate of drug-likeness (QED) is 0.540. The number of ether oxygens (including phenoxy) is 2. The topological polar surface area (TPSA) is 98.0 Å². The van der Waals surface area contributed by atoms with Crippen LogP contribution in [0.3, 0.4) is 0 Å². The molecular formula is C21H16N4O4. The molecule has 8 nitrogen and oxygen atoms in total. The SMILES string of the molecule is O=C(O)c1ccc(-c2cnn3c(NCc4ccc5c(c4)OCO5)ccnc23)cc1. The number of nitrogens with zero attached hydrogens (tertiary/aromatic N) is 3. The summed E-state index contributed by atoms with van der Waals surface area (Å²) in [4.78, 5) is 15.5. The number of aromatic nitrogens is 3. The fourth-order valence-electron chi connectivity index (χ4n) is 3.26. The molecule has 1 aliphatic heterocycles. The molecule has 0 saturated heterocycles. The average molecular weight is 388 g/mol. The number of nitrogens with one attached hydrogen (secondary N) is 1. The molecule has 4 aromatic rings. The highest BCUT2D eigenvalue weighted by Crippen LogP contribution is 2.32. The van der Waals surface area contributed by atoms with Gasteiger partial charge in [-0.15, -0.1) is 0 Å². The minimum atomic E-state index is -0.954. The molecule has 2 N–H and O–H groups in total. The lowest BCUT2D eigenvalue weighted by Crippen LogP contribution is -2.05. The standard InChI is InChI=1S/C21H16N4O4/c26-21(27)15-4-2-14(3-5-15)16-11-24-25-19(7-8-22-20(16)25)23-10-13-1-6-17-18(9-13)29-12-28-17/h1-9,11,23H,10,12H2,(H,26,27). The first-order valence-electron chi connectivity index (χ1n) is 8.98. The van der Waals surface area contributed by atoms with Crippen LogP contribution in [0.1, 0.15) is 15.9 Å². The van der Waals surface area contributed by atoms with Crippen molar-refractivity contribution in [2.24, 2.45) is 0 Å². The van der Waals surface area contributed by atoms with Crippen LogP contribution < -0.4 is 14.8 Å². The Kier molecular flexibility index (Phi) is 4.02. The maximum absolute atomic E-state index is 11.1. The number of carboxylic acid groups (broad SMARTS) is 1. The average Bonchev–Trinajstić information content (AvgIpc) is 3.39. The predicted octanol–water partition coefficient (Wildman–Crippen LogP) is 3.44. The summed E-state index contributed by atoms with van der Waals surface area (Å²) in [6.45, 7) is 0.832. The van der Waals surface area contributed by atoms with E-state index in [9.17, 15) is 4.79 Å². The summed E-state index contributed by atoms with van der Waals surface area (Å²) in [5.41, 5.74) is 3.66. The zero-order valence-electron chi connectivity index (χ0n) is 15.2. The molecule has 0 radical (unpaired) electrons. The van der Waals surface area contributed by atoms with Crippen LogP contribution in [0, 0.1) is 0 Å². The zero-order chi connectivity index (χ0) is 19.8. The molecule has 0 fully saturated rings. The summed E-state index contributed by atoms with van der Waals surface area (Å²) in [7, 11) is 0. The van der Waals surface area contributed by atoms with E-state index in [1.165, 1.54) is 0 Å². The molecular weight excluding hydrogens is 372 g/mol. The maximum Gasteiger partial charge on any atom is 0.335 e. The minimum absolute atomic E-state index is 0.240. The van der Waals surface area contributed by atoms with Gasteiger partial charge in [-0.05, 0) is 41.5 Å². The second kappa shape index (κ2) is 6.83. The number of benzene rings is 2. The van der Waals surface area contributed by atoms with E-state index in [2.05, 4.69) is 15.4 Å². The van der Waals surface area contributed by atoms with Crippen molar-refractivity contribution in [3.05, 3.63) is 72.1 Å². The van der Waals surface area contributed by atoms with Crippen LogP contribution in [0.4, 0.5) is 5.82 Å². The molecule has 5 rings (SSSR count). The summed E-state index contributed by atoms with van der Waals surface area (Å²) in [6, 6.07) is 14.3. The van der Waals surface area contributed by atoms with E-state index in [-0.39, 0.29) is 12.4 Å². The lowest BCUT2D eigenvalue weighted by atomic mass is 10.1. The van der Waals surface area contributed by atoms with E-state index >= 15 is 0 Å². The Hall–Kier alpha value is -4.07. The monoisotopic (exact) mass is 388 g/mol. The third-order valence-electron chi connectivity index (χ3n) is 4.75. The molecule has 1 aliphatic rings. The molecule has 8 heteroatoms. The third kappa shape index (κ3) is 3.10. The van der Waals surface area contributed by atoms with Crippen molar-refractivity contribution < 1.29 is 19.4 Å². The van der Waals surface area contributed by atoms with Crippen molar-refractivity contribution in [2.45, 2.75) is 6.54 Å². The van der Waals surface area contributed by atoms with Gasteiger partial charge in [-0.25, -0.2) is 9.78 Å². The van der Waals surface area contributed by atoms with Crippen molar-refractivity contribution in [2.75, 3.05) is 12.1 Å². The van der Waals surface area contributed by atoms with Gasteiger partial charge < -0.3 is 19.9 Å². The highest BCUT2D eigenvalue weighted by atomic mass is 16.7. The molecule has 0 aliphatic carbocycles. The van der Waals surface area contributed by atoms with Crippen LogP contribution >= 0.6 is 0 Å². The Balaban J connectivity index is 1.41. The van der Waals surface area contributed by atoms with Crippen LogP contribution in [0.2, 0.25) is 0 Å². The molecule has 2 aromatic carbocycles. The number of anilines is 1. The van der Waals surface area contributed by atoms with Crippen molar-refractivity contribution in [1.29, 1.82) is 0 Å². The molecule has 2 aromatic heterocycles. The van der Waals surface area contributed by atoms with E-state index in [4.69, 9.17) is 14.6 Å². The lowest BCUT2D eigenvalue weighted by Gasteiger charge is -2.09. The van der Waals surface area contributed by atoms with E-state index in [1.807, 2.05) is 24.3 Å². The smallest absolute Gasteiger partial charge is 0.335 e. The fraction of sp³-hybridized carbons (Fsp3) is 0.0952. The Morgan fingerprint density at radius 2 is 1.93 bits per heavy atom. The number of fused-ring (bicyclic) bond motifs is 2. The van der Waals surface area contributed by atoms with Crippen molar-refractivity contribution >= 4 is 17.4 Å². The van der Waals surface area contributed by atoms with Gasteiger partial charge in [0.25, 0.3) is 0 Å². The van der Waals surface area contributed by atoms with E-state index in [0.717, 1.165) is 34.0 Å². The van der Waals surface area contributed by atoms with E-state index in [1.54, 1.807) is 41.2 Å². The number of aromatic carboxylic acids is 1. The maximum atomic E-state index is 11.1. The summed E-state index contributed by atoms with van der Waals surface area (Å²) < 4.78 is 12.5. The number of hydrogen-bond acceptors (Lipinski definition) is 6. The second-order valence-corrected chi connectivity index (χ2v) is 6.55. The molecule has 0 saturated carbocycles. The van der Waals surface area contributed by atoms with Gasteiger partial charge >= 0.3 is 5.97 Å². The van der Waals surface area contributed by atoms with Crippen molar-refractivity contribution in [1.82, 2.24) is 14.6 Å². The minimum Gasteiger partial charge on any atom is -0.478 e. The van der Waals surface area contributed by atoms with Crippen LogP contribution in [-0.2, 0) is 6.54 Å². The zero-order valence-corrected chi connectivity index (χ0v) is 15.2. The Labute approximate surface area is 165 Å². The third-order valence-corrected chi connectivity index (χ3v) is 4.75. The summed E-state index contributed by atoms with van der Waals surface area (Å²) in [5.74, 6) is 1.34. The lowest BCUT2D eigenvalue weighted by molar-refractivity contribution is 0.0697. The largest absolute Gasteiger partial charge is 0.478 e. The Bertz CT molecular complexity index is 1220. The molecule has 29 heavy (non-hydrogen) atoms. The first kappa shape index (κ1) is 17.1. The van der Waals surface area contributed by atoms with Crippen molar-refractivity contribution in [3.8, 4) is 22.6 Å². The molecule has 3 heterocycles. The number of hydrogen-bond donors (Lipinski definition) is 2. The normalized spacial score (nSPS) is 12.3. The molecule has 0 bridgehead atoms. The van der Waals surface area contributed by atoms with Gasteiger partial charge in [-0.3, -0.25) is 0 Å². The van der Waals surface area contributed by atoms with Gasteiger partial charge in [0.05, 0.1) is 11.8 Å². The molecule has 0 atom stereocenters. The first-order valence-corrected chi connectivity index (χ1v) is 8.98. The van der Waals surface area contributed by atoms with E-state index < -0.39 is 5.97 Å². The highest BCUT2D eigenvalue weighted by molar-refractivity contribution is 5.89. The number of carboxylic acids is 1. The van der Waals surface area contributed by atoms with Gasteiger partial charge in [0.2, 0.25) is 6.79 Å². The van der Waals surface area contributed by atoms with Gasteiger partial charge in [0, 0.05) is 18.3 Å². The molecule has 144 valence electrons. The van der Waals surface area contributed by atoms with Gasteiger partial charge in [0.15, 0.2) is 17.1 Å². The number of rotatable bonds is 5. The summed E-state index contributed by atoms with van der Waals surface area (Å²) >= 11 is 0. The second-order valence-electron chi connectivity index (χ2n) is 6.55. The Morgan fingerprint density at radius 1 is 1.10 bits per heavy atom. The van der Waals surface area contributed by atoms with Gasteiger partial charge in [-0.2, -0.15) is 9.61 Å². The van der Waals surface area contributed by atoms with Gasteiger partial charge in [0.1, 0.15) is 5.82 Å². The van der Waals surface area contributed by atoms with Crippen LogP contribution in [0.15, 0.2) is 60.9 Å². The molecule has 0 amide bonds. The molecule has 0 unspecified atom stereocenters. The highest BCUT2D eigenvalue weighted by Gasteiger charge is 2.14. The number of carbonyl (C=O) groups is 1. The van der Waals surface area contributed by atoms with Crippen LogP contribution in [-0.4, -0.2) is 32.5 Å². The molecule has 0 spiro atoms. The first-order chi connectivity index (χ1) is 14.2. The van der Waals surface area contributed by atoms with Crippen molar-refractivity contribution in [3.63, 3.8) is 0 Å². The van der Waals surface area contributed by atoms with Crippen LogP contribution in [0.5, 0.6) is 11.5 Å².